The number of aryl methyl sites for hydroxylation is 1. The molecule has 3 rings (SSSR count). The van der Waals surface area contributed by atoms with Crippen molar-refractivity contribution in [3.05, 3.63) is 84.4 Å². The molecule has 1 radical (unpaired) electrons. The topological polar surface area (TPSA) is 0 Å². The van der Waals surface area contributed by atoms with E-state index >= 15 is 0 Å². The second kappa shape index (κ2) is 17.2. The zero-order chi connectivity index (χ0) is 19.1. The molecule has 0 aliphatic heterocycles. The van der Waals surface area contributed by atoms with E-state index in [1.807, 2.05) is 53.7 Å². The Morgan fingerprint density at radius 1 is 0.462 bits per heavy atom. The maximum absolute atomic E-state index is 3.05. The second-order valence-electron chi connectivity index (χ2n) is 4.73. The summed E-state index contributed by atoms with van der Waals surface area (Å²) in [6, 6.07) is 28.4. The molecule has 0 atom stereocenters. The SMILES string of the molecule is CC.CC.CC.Cc1ccc(-c2ccc(-c3cc[c-]cc3)cc2)cc1.[Y]. The van der Waals surface area contributed by atoms with E-state index in [1.165, 1.54) is 27.8 Å². The molecule has 0 N–H and O–H groups in total. The zero-order valence-corrected chi connectivity index (χ0v) is 20.3. The molecule has 0 spiro atoms. The Hall–Kier alpha value is -1.24. The van der Waals surface area contributed by atoms with Gasteiger partial charge >= 0.3 is 0 Å². The summed E-state index contributed by atoms with van der Waals surface area (Å²) in [4.78, 5) is 0. The van der Waals surface area contributed by atoms with E-state index in [1.54, 1.807) is 0 Å². The number of hydrogen-bond donors (Lipinski definition) is 0. The summed E-state index contributed by atoms with van der Waals surface area (Å²) in [5.74, 6) is 0. The van der Waals surface area contributed by atoms with Gasteiger partial charge in [-0.25, -0.2) is 0 Å². The molecule has 1 heteroatoms. The largest absolute Gasteiger partial charge is 0.184 e. The fraction of sp³-hybridized carbons (Fsp3) is 0.280. The second-order valence-corrected chi connectivity index (χ2v) is 4.73. The zero-order valence-electron chi connectivity index (χ0n) is 17.5. The maximum Gasteiger partial charge on any atom is 0 e. The first-order chi connectivity index (χ1) is 12.3. The molecular weight excluding hydrogens is 389 g/mol. The van der Waals surface area contributed by atoms with Crippen LogP contribution in [0.15, 0.2) is 72.8 Å². The number of benzene rings is 3. The van der Waals surface area contributed by atoms with Gasteiger partial charge in [0.15, 0.2) is 0 Å². The van der Waals surface area contributed by atoms with Crippen molar-refractivity contribution in [2.75, 3.05) is 0 Å². The number of rotatable bonds is 2. The minimum absolute atomic E-state index is 0. The van der Waals surface area contributed by atoms with Gasteiger partial charge in [0.1, 0.15) is 0 Å². The summed E-state index contributed by atoms with van der Waals surface area (Å²) in [5.41, 5.74) is 6.28. The van der Waals surface area contributed by atoms with Crippen molar-refractivity contribution < 1.29 is 32.7 Å². The van der Waals surface area contributed by atoms with E-state index in [4.69, 9.17) is 0 Å². The van der Waals surface area contributed by atoms with Crippen LogP contribution >= 0.6 is 0 Å². The van der Waals surface area contributed by atoms with E-state index in [0.29, 0.717) is 0 Å². The van der Waals surface area contributed by atoms with Crippen LogP contribution in [-0.2, 0) is 32.7 Å². The van der Waals surface area contributed by atoms with E-state index in [9.17, 15) is 0 Å². The Labute approximate surface area is 187 Å². The number of hydrogen-bond acceptors (Lipinski definition) is 0. The van der Waals surface area contributed by atoms with Crippen LogP contribution in [0.2, 0.25) is 0 Å². The molecule has 0 nitrogen and oxygen atoms in total. The van der Waals surface area contributed by atoms with Crippen molar-refractivity contribution in [3.63, 3.8) is 0 Å². The summed E-state index contributed by atoms with van der Waals surface area (Å²) in [5, 5.41) is 0. The summed E-state index contributed by atoms with van der Waals surface area (Å²) in [6.45, 7) is 14.1. The van der Waals surface area contributed by atoms with Crippen molar-refractivity contribution in [1.29, 1.82) is 0 Å². The van der Waals surface area contributed by atoms with Crippen molar-refractivity contribution in [1.82, 2.24) is 0 Å². The summed E-state index contributed by atoms with van der Waals surface area (Å²) in [7, 11) is 0. The first-order valence-electron chi connectivity index (χ1n) is 9.46. The average molecular weight is 422 g/mol. The molecular formula is C25H33Y-. The first kappa shape index (κ1) is 27.0. The van der Waals surface area contributed by atoms with Crippen LogP contribution in [0.4, 0.5) is 0 Å². The third-order valence-corrected chi connectivity index (χ3v) is 3.32. The van der Waals surface area contributed by atoms with Crippen molar-refractivity contribution in [2.45, 2.75) is 48.5 Å². The van der Waals surface area contributed by atoms with Gasteiger partial charge in [0.2, 0.25) is 0 Å². The average Bonchev–Trinajstić information content (AvgIpc) is 2.74. The van der Waals surface area contributed by atoms with Gasteiger partial charge in [0.05, 0.1) is 0 Å². The van der Waals surface area contributed by atoms with Gasteiger partial charge in [-0.05, 0) is 23.6 Å². The Balaban J connectivity index is 0. The molecule has 3 aromatic rings. The van der Waals surface area contributed by atoms with Crippen molar-refractivity contribution >= 4 is 0 Å². The van der Waals surface area contributed by atoms with E-state index in [-0.39, 0.29) is 32.7 Å². The molecule has 0 saturated carbocycles. The fourth-order valence-electron chi connectivity index (χ4n) is 2.18. The van der Waals surface area contributed by atoms with E-state index < -0.39 is 0 Å². The van der Waals surface area contributed by atoms with Crippen LogP contribution in [0.3, 0.4) is 0 Å². The maximum atomic E-state index is 3.05. The molecule has 0 aliphatic carbocycles. The molecule has 0 unspecified atom stereocenters. The molecule has 3 aromatic carbocycles. The van der Waals surface area contributed by atoms with Gasteiger partial charge in [-0.1, -0.05) is 95.6 Å². The van der Waals surface area contributed by atoms with Gasteiger partial charge in [-0.15, -0.1) is 5.56 Å². The predicted octanol–water partition coefficient (Wildman–Crippen LogP) is 8.21. The molecule has 0 aromatic heterocycles. The first-order valence-corrected chi connectivity index (χ1v) is 9.46. The van der Waals surface area contributed by atoms with Crippen LogP contribution in [0.1, 0.15) is 47.1 Å². The van der Waals surface area contributed by atoms with Crippen molar-refractivity contribution in [2.24, 2.45) is 0 Å². The summed E-state index contributed by atoms with van der Waals surface area (Å²) >= 11 is 0. The van der Waals surface area contributed by atoms with E-state index in [2.05, 4.69) is 73.7 Å². The van der Waals surface area contributed by atoms with Crippen LogP contribution in [0, 0.1) is 13.0 Å². The quantitative estimate of drug-likeness (QED) is 0.365. The Morgan fingerprint density at radius 3 is 1.08 bits per heavy atom. The molecule has 137 valence electrons. The Kier molecular flexibility index (Phi) is 17.8. The molecule has 0 fully saturated rings. The Morgan fingerprint density at radius 2 is 0.731 bits per heavy atom. The van der Waals surface area contributed by atoms with Crippen LogP contribution in [-0.4, -0.2) is 0 Å². The van der Waals surface area contributed by atoms with E-state index in [0.717, 1.165) is 0 Å². The van der Waals surface area contributed by atoms with Gasteiger partial charge in [-0.2, -0.15) is 30.3 Å². The molecule has 0 aliphatic rings. The van der Waals surface area contributed by atoms with Gasteiger partial charge in [-0.3, -0.25) is 0 Å². The van der Waals surface area contributed by atoms with Crippen LogP contribution in [0.5, 0.6) is 0 Å². The molecule has 26 heavy (non-hydrogen) atoms. The fourth-order valence-corrected chi connectivity index (χ4v) is 2.18. The van der Waals surface area contributed by atoms with Gasteiger partial charge < -0.3 is 0 Å². The monoisotopic (exact) mass is 422 g/mol. The molecule has 0 bridgehead atoms. The van der Waals surface area contributed by atoms with Crippen molar-refractivity contribution in [3.8, 4) is 22.3 Å². The van der Waals surface area contributed by atoms with Crippen LogP contribution in [0.25, 0.3) is 22.3 Å². The molecule has 0 heterocycles. The van der Waals surface area contributed by atoms with Gasteiger partial charge in [0.25, 0.3) is 0 Å². The minimum atomic E-state index is 0. The summed E-state index contributed by atoms with van der Waals surface area (Å²) < 4.78 is 0. The predicted molar refractivity (Wildman–Crippen MR) is 115 cm³/mol. The third kappa shape index (κ3) is 8.92. The standard InChI is InChI=1S/C19H15.3C2H6.Y/c1-15-7-9-17(10-8-15)19-13-11-18(12-14-19)16-5-3-2-4-6-16;3*1-2;/h3-14H,1H3;3*1-2H3;/q-1;;;;. The smallest absolute Gasteiger partial charge is 0 e. The molecule has 0 saturated heterocycles. The van der Waals surface area contributed by atoms with Gasteiger partial charge in [0, 0.05) is 32.7 Å². The normalized spacial score (nSPS) is 8.27. The summed E-state index contributed by atoms with van der Waals surface area (Å²) in [6.07, 6.45) is 0. The molecule has 0 amide bonds. The minimum Gasteiger partial charge on any atom is -0.184 e. The third-order valence-electron chi connectivity index (χ3n) is 3.32. The van der Waals surface area contributed by atoms with Crippen LogP contribution < -0.4 is 0 Å². The Bertz CT molecular complexity index is 653.